The number of halogens is 1. The first-order chi connectivity index (χ1) is 11.6. The van der Waals surface area contributed by atoms with E-state index in [2.05, 4.69) is 10.6 Å². The Morgan fingerprint density at radius 1 is 1.29 bits per heavy atom. The highest BCUT2D eigenvalue weighted by molar-refractivity contribution is 7.09. The molecule has 1 aliphatic rings. The molecule has 0 spiro atoms. The molecule has 8 heteroatoms. The van der Waals surface area contributed by atoms with Crippen molar-refractivity contribution in [2.24, 2.45) is 0 Å². The van der Waals surface area contributed by atoms with E-state index in [-0.39, 0.29) is 18.4 Å². The number of thiophene rings is 1. The Balaban J connectivity index is 1.45. The molecule has 2 aromatic rings. The van der Waals surface area contributed by atoms with Gasteiger partial charge in [0, 0.05) is 10.6 Å². The van der Waals surface area contributed by atoms with E-state index in [0.29, 0.717) is 18.8 Å². The smallest absolute Gasteiger partial charge is 0.414 e. The van der Waals surface area contributed by atoms with Gasteiger partial charge in [-0.25, -0.2) is 14.0 Å². The van der Waals surface area contributed by atoms with Gasteiger partial charge in [-0.1, -0.05) is 6.07 Å². The van der Waals surface area contributed by atoms with Crippen molar-refractivity contribution < 1.29 is 18.7 Å². The van der Waals surface area contributed by atoms with Crippen LogP contribution in [0.1, 0.15) is 4.88 Å². The van der Waals surface area contributed by atoms with Gasteiger partial charge in [-0.3, -0.25) is 4.90 Å². The van der Waals surface area contributed by atoms with E-state index >= 15 is 0 Å². The quantitative estimate of drug-likeness (QED) is 0.872. The van der Waals surface area contributed by atoms with Gasteiger partial charge in [-0.2, -0.15) is 0 Å². The summed E-state index contributed by atoms with van der Waals surface area (Å²) in [5.74, 6) is -0.369. The number of cyclic esters (lactones) is 1. The molecule has 1 aromatic carbocycles. The molecular weight excluding hydrogens is 333 g/mol. The average Bonchev–Trinajstić information content (AvgIpc) is 3.21. The molecule has 1 aromatic heterocycles. The largest absolute Gasteiger partial charge is 0.442 e. The monoisotopic (exact) mass is 349 g/mol. The van der Waals surface area contributed by atoms with E-state index in [9.17, 15) is 14.0 Å². The summed E-state index contributed by atoms with van der Waals surface area (Å²) in [7, 11) is 0. The molecule has 1 atom stereocenters. The molecule has 0 radical (unpaired) electrons. The highest BCUT2D eigenvalue weighted by atomic mass is 32.1. The molecular formula is C16H16FN3O3S. The number of carbonyl (C=O) groups is 2. The first-order valence-electron chi connectivity index (χ1n) is 7.39. The molecule has 1 aliphatic heterocycles. The minimum absolute atomic E-state index is 0.208. The summed E-state index contributed by atoms with van der Waals surface area (Å²) in [6.07, 6.45) is -0.956. The van der Waals surface area contributed by atoms with Crippen molar-refractivity contribution in [3.8, 4) is 0 Å². The van der Waals surface area contributed by atoms with Gasteiger partial charge in [0.05, 0.1) is 19.6 Å². The summed E-state index contributed by atoms with van der Waals surface area (Å²) in [4.78, 5) is 26.1. The van der Waals surface area contributed by atoms with Gasteiger partial charge < -0.3 is 15.4 Å². The van der Waals surface area contributed by atoms with Crippen molar-refractivity contribution in [3.63, 3.8) is 0 Å². The van der Waals surface area contributed by atoms with Crippen LogP contribution in [-0.4, -0.2) is 31.3 Å². The van der Waals surface area contributed by atoms with Crippen LogP contribution in [0.5, 0.6) is 0 Å². The predicted octanol–water partition coefficient (Wildman–Crippen LogP) is 2.71. The molecule has 3 rings (SSSR count). The normalized spacial score (nSPS) is 16.8. The SMILES string of the molecule is O=C(NCc1cccs1)NC[C@@H]1CN(c2ccc(F)cc2)C(=O)O1. The van der Waals surface area contributed by atoms with Gasteiger partial charge in [0.15, 0.2) is 0 Å². The van der Waals surface area contributed by atoms with Crippen molar-refractivity contribution in [1.82, 2.24) is 10.6 Å². The van der Waals surface area contributed by atoms with Gasteiger partial charge in [0.25, 0.3) is 0 Å². The number of nitrogens with zero attached hydrogens (tertiary/aromatic N) is 1. The summed E-state index contributed by atoms with van der Waals surface area (Å²) in [5, 5.41) is 7.35. The molecule has 1 fully saturated rings. The first-order valence-corrected chi connectivity index (χ1v) is 8.27. The number of nitrogens with one attached hydrogen (secondary N) is 2. The van der Waals surface area contributed by atoms with Crippen molar-refractivity contribution in [2.45, 2.75) is 12.6 Å². The van der Waals surface area contributed by atoms with E-state index in [1.54, 1.807) is 11.3 Å². The third kappa shape index (κ3) is 4.02. The Morgan fingerprint density at radius 3 is 2.79 bits per heavy atom. The molecule has 0 bridgehead atoms. The van der Waals surface area contributed by atoms with E-state index in [1.165, 1.54) is 29.2 Å². The van der Waals surface area contributed by atoms with Gasteiger partial charge in [-0.15, -0.1) is 11.3 Å². The van der Waals surface area contributed by atoms with Crippen LogP contribution in [-0.2, 0) is 11.3 Å². The van der Waals surface area contributed by atoms with Crippen molar-refractivity contribution in [2.75, 3.05) is 18.0 Å². The number of ether oxygens (including phenoxy) is 1. The maximum atomic E-state index is 12.9. The maximum Gasteiger partial charge on any atom is 0.414 e. The molecule has 0 aliphatic carbocycles. The van der Waals surface area contributed by atoms with Crippen LogP contribution in [0.25, 0.3) is 0 Å². The maximum absolute atomic E-state index is 12.9. The second-order valence-electron chi connectivity index (χ2n) is 5.24. The van der Waals surface area contributed by atoms with E-state index in [0.717, 1.165) is 4.88 Å². The number of benzene rings is 1. The fraction of sp³-hybridized carbons (Fsp3) is 0.250. The second-order valence-corrected chi connectivity index (χ2v) is 6.27. The topological polar surface area (TPSA) is 70.7 Å². The fourth-order valence-electron chi connectivity index (χ4n) is 2.31. The first kappa shape index (κ1) is 16.3. The molecule has 0 unspecified atom stereocenters. The molecule has 2 heterocycles. The summed E-state index contributed by atoms with van der Waals surface area (Å²) in [6, 6.07) is 9.13. The summed E-state index contributed by atoms with van der Waals surface area (Å²) >= 11 is 1.56. The van der Waals surface area contributed by atoms with Crippen LogP contribution in [0.2, 0.25) is 0 Å². The van der Waals surface area contributed by atoms with Crippen molar-refractivity contribution in [3.05, 3.63) is 52.5 Å². The molecule has 0 saturated carbocycles. The zero-order valence-electron chi connectivity index (χ0n) is 12.7. The second kappa shape index (κ2) is 7.31. The lowest BCUT2D eigenvalue weighted by atomic mass is 10.2. The van der Waals surface area contributed by atoms with Crippen molar-refractivity contribution in [1.29, 1.82) is 0 Å². The average molecular weight is 349 g/mol. The van der Waals surface area contributed by atoms with E-state index in [4.69, 9.17) is 4.74 Å². The zero-order chi connectivity index (χ0) is 16.9. The van der Waals surface area contributed by atoms with Crippen LogP contribution in [0.3, 0.4) is 0 Å². The Hall–Kier alpha value is -2.61. The molecule has 2 N–H and O–H groups in total. The summed E-state index contributed by atoms with van der Waals surface area (Å²) < 4.78 is 18.2. The zero-order valence-corrected chi connectivity index (χ0v) is 13.5. The molecule has 24 heavy (non-hydrogen) atoms. The number of hydrogen-bond acceptors (Lipinski definition) is 4. The number of hydrogen-bond donors (Lipinski definition) is 2. The Labute approximate surface area is 142 Å². The molecule has 126 valence electrons. The van der Waals surface area contributed by atoms with E-state index < -0.39 is 12.2 Å². The Bertz CT molecular complexity index is 706. The molecule has 6 nitrogen and oxygen atoms in total. The highest BCUT2D eigenvalue weighted by Gasteiger charge is 2.32. The lowest BCUT2D eigenvalue weighted by Crippen LogP contribution is -2.40. The number of carbonyl (C=O) groups excluding carboxylic acids is 2. The van der Waals surface area contributed by atoms with Crippen LogP contribution >= 0.6 is 11.3 Å². The molecule has 3 amide bonds. The fourth-order valence-corrected chi connectivity index (χ4v) is 2.95. The minimum atomic E-state index is -0.507. The van der Waals surface area contributed by atoms with Gasteiger partial charge >= 0.3 is 12.1 Å². The number of rotatable bonds is 5. The van der Waals surface area contributed by atoms with Crippen LogP contribution in [0.15, 0.2) is 41.8 Å². The highest BCUT2D eigenvalue weighted by Crippen LogP contribution is 2.21. The van der Waals surface area contributed by atoms with Crippen LogP contribution < -0.4 is 15.5 Å². The molecule has 1 saturated heterocycles. The summed E-state index contributed by atoms with van der Waals surface area (Å²) in [6.45, 7) is 0.963. The van der Waals surface area contributed by atoms with Gasteiger partial charge in [0.2, 0.25) is 0 Å². The Kier molecular flexibility index (Phi) is 4.95. The minimum Gasteiger partial charge on any atom is -0.442 e. The standard InChI is InChI=1S/C16H16FN3O3S/c17-11-3-5-12(6-4-11)20-10-13(23-16(20)22)8-18-15(21)19-9-14-2-1-7-24-14/h1-7,13H,8-10H2,(H2,18,19,21)/t13-/m1/s1. The van der Waals surface area contributed by atoms with Crippen LogP contribution in [0.4, 0.5) is 19.7 Å². The number of amides is 3. The third-order valence-corrected chi connectivity index (χ3v) is 4.38. The van der Waals surface area contributed by atoms with Gasteiger partial charge in [-0.05, 0) is 35.7 Å². The number of anilines is 1. The lowest BCUT2D eigenvalue weighted by molar-refractivity contribution is 0.140. The lowest BCUT2D eigenvalue weighted by Gasteiger charge is -2.13. The predicted molar refractivity (Wildman–Crippen MR) is 88.6 cm³/mol. The Morgan fingerprint density at radius 2 is 2.08 bits per heavy atom. The van der Waals surface area contributed by atoms with E-state index in [1.807, 2.05) is 17.5 Å². The third-order valence-electron chi connectivity index (χ3n) is 3.51. The van der Waals surface area contributed by atoms with Crippen LogP contribution in [0, 0.1) is 5.82 Å². The van der Waals surface area contributed by atoms with Crippen molar-refractivity contribution >= 4 is 29.1 Å². The van der Waals surface area contributed by atoms with Gasteiger partial charge in [0.1, 0.15) is 11.9 Å². The summed E-state index contributed by atoms with van der Waals surface area (Å²) in [5.41, 5.74) is 0.561. The number of urea groups is 1.